The third-order valence-electron chi connectivity index (χ3n) is 11.1. The minimum Gasteiger partial charge on any atom is -0.309 e. The maximum Gasteiger partial charge on any atom is 0.143 e. The van der Waals surface area contributed by atoms with Gasteiger partial charge in [0.1, 0.15) is 10.3 Å². The number of hydrogen-bond acceptors (Lipinski definition) is 3. The number of rotatable bonds is 6. The van der Waals surface area contributed by atoms with E-state index in [0.29, 0.717) is 0 Å². The standard InChI is InChI=1S/C51H39N3S/c1-4-5-7-16-34-26-25-32(2)42(31-34)45-33(3)50-46(39-20-11-10-19-38(39)45)40-21-12-14-23-43(40)54(50)37-29-27-36(28-30-37)48-47(35-17-8-6-9-18-35)52-49-41-22-13-15-24-44(41)55-51(49)53-48/h4-5,7-8,10-31H,6,9H2,1-3H3/b5-4-,16-7-. The molecule has 0 saturated heterocycles. The minimum atomic E-state index is 0.925. The van der Waals surface area contributed by atoms with Gasteiger partial charge in [0, 0.05) is 32.1 Å². The molecule has 0 fully saturated rings. The van der Waals surface area contributed by atoms with Crippen LogP contribution in [0.1, 0.15) is 42.1 Å². The molecule has 0 radical (unpaired) electrons. The van der Waals surface area contributed by atoms with Gasteiger partial charge in [-0.1, -0.05) is 127 Å². The average Bonchev–Trinajstić information content (AvgIpc) is 3.78. The quantitative estimate of drug-likeness (QED) is 0.160. The Bertz CT molecular complexity index is 3110. The molecule has 4 heteroatoms. The molecule has 3 aromatic heterocycles. The van der Waals surface area contributed by atoms with Crippen molar-refractivity contribution in [3.63, 3.8) is 0 Å². The van der Waals surface area contributed by atoms with Gasteiger partial charge in [0.05, 0.1) is 22.4 Å². The summed E-state index contributed by atoms with van der Waals surface area (Å²) in [5, 5.41) is 6.25. The normalized spacial score (nSPS) is 13.5. The first-order valence-corrected chi connectivity index (χ1v) is 19.9. The molecule has 0 spiro atoms. The van der Waals surface area contributed by atoms with E-state index < -0.39 is 0 Å². The molecule has 0 saturated carbocycles. The molecule has 55 heavy (non-hydrogen) atoms. The van der Waals surface area contributed by atoms with Crippen molar-refractivity contribution in [2.45, 2.75) is 33.6 Å². The molecule has 0 aliphatic heterocycles. The second-order valence-corrected chi connectivity index (χ2v) is 15.5. The Morgan fingerprint density at radius 1 is 0.709 bits per heavy atom. The third-order valence-corrected chi connectivity index (χ3v) is 12.1. The summed E-state index contributed by atoms with van der Waals surface area (Å²) in [6, 6.07) is 42.1. The lowest BCUT2D eigenvalue weighted by Gasteiger charge is -2.18. The molecule has 6 aromatic carbocycles. The van der Waals surface area contributed by atoms with Crippen LogP contribution in [0.3, 0.4) is 0 Å². The summed E-state index contributed by atoms with van der Waals surface area (Å²) in [6.45, 7) is 6.59. The maximum absolute atomic E-state index is 5.35. The summed E-state index contributed by atoms with van der Waals surface area (Å²) >= 11 is 1.72. The largest absolute Gasteiger partial charge is 0.309 e. The second-order valence-electron chi connectivity index (χ2n) is 14.4. The van der Waals surface area contributed by atoms with E-state index in [4.69, 9.17) is 9.97 Å². The number of aryl methyl sites for hydroxylation is 2. The van der Waals surface area contributed by atoms with Crippen molar-refractivity contribution in [3.05, 3.63) is 174 Å². The lowest BCUT2D eigenvalue weighted by atomic mass is 9.88. The molecule has 3 nitrogen and oxygen atoms in total. The summed E-state index contributed by atoms with van der Waals surface area (Å²) in [6.07, 6.45) is 17.3. The molecule has 0 N–H and O–H groups in total. The van der Waals surface area contributed by atoms with E-state index in [1.807, 2.05) is 6.92 Å². The number of fused-ring (bicyclic) bond motifs is 8. The lowest BCUT2D eigenvalue weighted by Crippen LogP contribution is -2.00. The Hall–Kier alpha value is -6.36. The Kier molecular flexibility index (Phi) is 8.15. The Morgan fingerprint density at radius 2 is 1.47 bits per heavy atom. The number of benzene rings is 6. The van der Waals surface area contributed by atoms with Crippen molar-refractivity contribution in [2.24, 2.45) is 0 Å². The van der Waals surface area contributed by atoms with Crippen LogP contribution >= 0.6 is 11.3 Å². The number of nitrogens with zero attached hydrogens (tertiary/aromatic N) is 3. The zero-order valence-corrected chi connectivity index (χ0v) is 32.0. The van der Waals surface area contributed by atoms with Crippen LogP contribution in [0.25, 0.3) is 92.7 Å². The van der Waals surface area contributed by atoms with Crippen LogP contribution in [0.4, 0.5) is 0 Å². The fraction of sp³-hybridized carbons (Fsp3) is 0.0980. The summed E-state index contributed by atoms with van der Waals surface area (Å²) in [4.78, 5) is 11.7. The highest BCUT2D eigenvalue weighted by molar-refractivity contribution is 7.25. The average molecular weight is 726 g/mol. The van der Waals surface area contributed by atoms with Gasteiger partial charge in [-0.15, -0.1) is 11.3 Å². The Balaban J connectivity index is 1.20. The van der Waals surface area contributed by atoms with Crippen molar-refractivity contribution < 1.29 is 0 Å². The zero-order valence-electron chi connectivity index (χ0n) is 31.2. The first-order valence-electron chi connectivity index (χ1n) is 19.1. The van der Waals surface area contributed by atoms with Crippen molar-refractivity contribution in [1.29, 1.82) is 0 Å². The zero-order chi connectivity index (χ0) is 37.0. The molecule has 264 valence electrons. The van der Waals surface area contributed by atoms with Crippen LogP contribution in [0.5, 0.6) is 0 Å². The van der Waals surface area contributed by atoms with Crippen LogP contribution < -0.4 is 0 Å². The predicted octanol–water partition coefficient (Wildman–Crippen LogP) is 14.4. The maximum atomic E-state index is 5.35. The Morgan fingerprint density at radius 3 is 2.27 bits per heavy atom. The fourth-order valence-electron chi connectivity index (χ4n) is 8.49. The third kappa shape index (κ3) is 5.47. The summed E-state index contributed by atoms with van der Waals surface area (Å²) in [5.41, 5.74) is 14.9. The van der Waals surface area contributed by atoms with Gasteiger partial charge in [0.2, 0.25) is 0 Å². The van der Waals surface area contributed by atoms with Gasteiger partial charge in [-0.3, -0.25) is 0 Å². The van der Waals surface area contributed by atoms with Gasteiger partial charge in [0.25, 0.3) is 0 Å². The van der Waals surface area contributed by atoms with Crippen molar-refractivity contribution >= 4 is 76.0 Å². The van der Waals surface area contributed by atoms with Crippen molar-refractivity contribution in [1.82, 2.24) is 14.5 Å². The first kappa shape index (κ1) is 33.2. The lowest BCUT2D eigenvalue weighted by molar-refractivity contribution is 1.04. The summed E-state index contributed by atoms with van der Waals surface area (Å²) in [5.74, 6) is 0. The number of hydrogen-bond donors (Lipinski definition) is 0. The van der Waals surface area contributed by atoms with E-state index in [-0.39, 0.29) is 0 Å². The van der Waals surface area contributed by atoms with E-state index >= 15 is 0 Å². The van der Waals surface area contributed by atoms with Crippen LogP contribution in [0, 0.1) is 13.8 Å². The molecule has 1 aliphatic carbocycles. The minimum absolute atomic E-state index is 0.925. The van der Waals surface area contributed by atoms with E-state index in [1.54, 1.807) is 11.3 Å². The van der Waals surface area contributed by atoms with Gasteiger partial charge >= 0.3 is 0 Å². The highest BCUT2D eigenvalue weighted by atomic mass is 32.1. The van der Waals surface area contributed by atoms with E-state index in [1.165, 1.54) is 70.5 Å². The Labute approximate surface area is 324 Å². The van der Waals surface area contributed by atoms with E-state index in [9.17, 15) is 0 Å². The van der Waals surface area contributed by atoms with Crippen LogP contribution in [-0.4, -0.2) is 14.5 Å². The molecule has 1 aliphatic rings. The summed E-state index contributed by atoms with van der Waals surface area (Å²) < 4.78 is 3.68. The molecule has 10 rings (SSSR count). The number of para-hydroxylation sites is 1. The van der Waals surface area contributed by atoms with E-state index in [2.05, 4.69) is 176 Å². The molecular formula is C51H39N3S. The van der Waals surface area contributed by atoms with Crippen LogP contribution in [0.2, 0.25) is 0 Å². The van der Waals surface area contributed by atoms with Crippen LogP contribution in [-0.2, 0) is 0 Å². The van der Waals surface area contributed by atoms with Gasteiger partial charge in [-0.25, -0.2) is 9.97 Å². The number of aromatic nitrogens is 3. The molecule has 0 unspecified atom stereocenters. The monoisotopic (exact) mass is 725 g/mol. The molecular weight excluding hydrogens is 687 g/mol. The predicted molar refractivity (Wildman–Crippen MR) is 237 cm³/mol. The SMILES string of the molecule is C/C=C\C=C/c1ccc(C)c(-c2c(C)c3c(c4ccccc24)c2ccccc2n3-c2ccc(-c3nc4sc5ccccc5c4nc3C3=CCCC=C3)cc2)c1. The molecule has 0 bridgehead atoms. The molecule has 3 heterocycles. The smallest absolute Gasteiger partial charge is 0.143 e. The van der Waals surface area contributed by atoms with Crippen molar-refractivity contribution in [2.75, 3.05) is 0 Å². The first-order chi connectivity index (χ1) is 27.1. The summed E-state index contributed by atoms with van der Waals surface area (Å²) in [7, 11) is 0. The molecule has 0 amide bonds. The van der Waals surface area contributed by atoms with E-state index in [0.717, 1.165) is 51.4 Å². The number of allylic oxidation sites excluding steroid dienone is 7. The highest BCUT2D eigenvalue weighted by Gasteiger charge is 2.23. The van der Waals surface area contributed by atoms with Gasteiger partial charge in [0.15, 0.2) is 0 Å². The van der Waals surface area contributed by atoms with Gasteiger partial charge in [-0.05, 0) is 108 Å². The fourth-order valence-corrected chi connectivity index (χ4v) is 9.51. The highest BCUT2D eigenvalue weighted by Crippen LogP contribution is 2.45. The molecule has 9 aromatic rings. The van der Waals surface area contributed by atoms with Gasteiger partial charge < -0.3 is 4.57 Å². The second kappa shape index (κ2) is 13.5. The topological polar surface area (TPSA) is 30.7 Å². The van der Waals surface area contributed by atoms with Crippen molar-refractivity contribution in [3.8, 4) is 28.1 Å². The van der Waals surface area contributed by atoms with Crippen LogP contribution in [0.15, 0.2) is 152 Å². The number of thiophene rings is 1. The van der Waals surface area contributed by atoms with Gasteiger partial charge in [-0.2, -0.15) is 0 Å². The molecule has 0 atom stereocenters.